The topological polar surface area (TPSA) is 61.7 Å². The first-order valence-electron chi connectivity index (χ1n) is 5.52. The third kappa shape index (κ3) is 3.87. The number of rotatable bonds is 6. The second-order valence-corrected chi connectivity index (χ2v) is 4.65. The summed E-state index contributed by atoms with van der Waals surface area (Å²) in [4.78, 5) is 0. The van der Waals surface area contributed by atoms with Gasteiger partial charge in [0.2, 0.25) is 0 Å². The van der Waals surface area contributed by atoms with Gasteiger partial charge in [-0.25, -0.2) is 0 Å². The van der Waals surface area contributed by atoms with Gasteiger partial charge in [-0.05, 0) is 40.0 Å². The third-order valence-corrected chi connectivity index (χ3v) is 3.22. The number of aliphatic hydroxyl groups excluding tert-OH is 1. The molecule has 17 heavy (non-hydrogen) atoms. The maximum absolute atomic E-state index is 9.66. The number of phenolic OH excluding ortho intramolecular Hbond substituents is 1. The lowest BCUT2D eigenvalue weighted by atomic mass is 10.1. The van der Waals surface area contributed by atoms with Crippen molar-refractivity contribution in [3.63, 3.8) is 0 Å². The average molecular weight is 304 g/mol. The number of phenols is 1. The Labute approximate surface area is 110 Å². The summed E-state index contributed by atoms with van der Waals surface area (Å²) in [6.45, 7) is 2.75. The lowest BCUT2D eigenvalue weighted by Crippen LogP contribution is -2.31. The van der Waals surface area contributed by atoms with Crippen LogP contribution in [0.15, 0.2) is 16.6 Å². The molecule has 0 bridgehead atoms. The van der Waals surface area contributed by atoms with Crippen LogP contribution in [0.25, 0.3) is 0 Å². The molecule has 0 amide bonds. The highest BCUT2D eigenvalue weighted by atomic mass is 79.9. The fourth-order valence-corrected chi connectivity index (χ4v) is 1.97. The fourth-order valence-electron chi connectivity index (χ4n) is 1.49. The summed E-state index contributed by atoms with van der Waals surface area (Å²) >= 11 is 3.27. The zero-order valence-corrected chi connectivity index (χ0v) is 11.6. The number of ether oxygens (including phenoxy) is 1. The number of methoxy groups -OCH3 is 1. The normalized spacial score (nSPS) is 12.5. The SMILES string of the molecule is CC[C@H](CO)NCc1cc(Br)c(O)c(OC)c1. The third-order valence-electron chi connectivity index (χ3n) is 2.62. The van der Waals surface area contributed by atoms with Crippen LogP contribution in [-0.4, -0.2) is 30.0 Å². The molecule has 0 heterocycles. The van der Waals surface area contributed by atoms with Gasteiger partial charge in [0.15, 0.2) is 11.5 Å². The van der Waals surface area contributed by atoms with E-state index in [-0.39, 0.29) is 18.4 Å². The molecule has 0 aromatic heterocycles. The predicted molar refractivity (Wildman–Crippen MR) is 70.4 cm³/mol. The van der Waals surface area contributed by atoms with Gasteiger partial charge in [0.1, 0.15) is 0 Å². The van der Waals surface area contributed by atoms with E-state index in [0.717, 1.165) is 12.0 Å². The molecule has 1 rings (SSSR count). The number of halogens is 1. The Morgan fingerprint density at radius 2 is 2.18 bits per heavy atom. The van der Waals surface area contributed by atoms with Crippen LogP contribution in [0.4, 0.5) is 0 Å². The average Bonchev–Trinajstić information content (AvgIpc) is 2.34. The van der Waals surface area contributed by atoms with Crippen molar-refractivity contribution in [1.82, 2.24) is 5.32 Å². The molecule has 0 spiro atoms. The largest absolute Gasteiger partial charge is 0.503 e. The van der Waals surface area contributed by atoms with Crippen molar-refractivity contribution in [2.45, 2.75) is 25.9 Å². The molecule has 0 unspecified atom stereocenters. The Bertz CT molecular complexity index is 367. The van der Waals surface area contributed by atoms with E-state index in [1.54, 1.807) is 6.07 Å². The van der Waals surface area contributed by atoms with Crippen molar-refractivity contribution in [2.75, 3.05) is 13.7 Å². The maximum Gasteiger partial charge on any atom is 0.172 e. The molecule has 5 heteroatoms. The Morgan fingerprint density at radius 3 is 2.71 bits per heavy atom. The summed E-state index contributed by atoms with van der Waals surface area (Å²) in [5.41, 5.74) is 0.985. The van der Waals surface area contributed by atoms with Crippen molar-refractivity contribution in [3.8, 4) is 11.5 Å². The van der Waals surface area contributed by atoms with Crippen LogP contribution in [0.2, 0.25) is 0 Å². The highest BCUT2D eigenvalue weighted by Gasteiger charge is 2.09. The Balaban J connectivity index is 2.75. The first-order valence-corrected chi connectivity index (χ1v) is 6.31. The molecule has 0 saturated heterocycles. The smallest absolute Gasteiger partial charge is 0.172 e. The summed E-state index contributed by atoms with van der Waals surface area (Å²) in [6, 6.07) is 3.69. The van der Waals surface area contributed by atoms with E-state index in [9.17, 15) is 5.11 Å². The van der Waals surface area contributed by atoms with E-state index in [0.29, 0.717) is 16.8 Å². The summed E-state index contributed by atoms with van der Waals surface area (Å²) < 4.78 is 5.67. The predicted octanol–water partition coefficient (Wildman–Crippen LogP) is 2.02. The minimum atomic E-state index is 0.0913. The number of aliphatic hydroxyl groups is 1. The van der Waals surface area contributed by atoms with Crippen LogP contribution < -0.4 is 10.1 Å². The maximum atomic E-state index is 9.66. The van der Waals surface area contributed by atoms with Gasteiger partial charge in [-0.3, -0.25) is 0 Å². The van der Waals surface area contributed by atoms with Crippen molar-refractivity contribution in [3.05, 3.63) is 22.2 Å². The van der Waals surface area contributed by atoms with Crippen molar-refractivity contribution in [2.24, 2.45) is 0 Å². The minimum Gasteiger partial charge on any atom is -0.503 e. The van der Waals surface area contributed by atoms with E-state index in [4.69, 9.17) is 9.84 Å². The first-order chi connectivity index (χ1) is 8.12. The highest BCUT2D eigenvalue weighted by Crippen LogP contribution is 2.35. The molecule has 96 valence electrons. The number of hydrogen-bond donors (Lipinski definition) is 3. The lowest BCUT2D eigenvalue weighted by molar-refractivity contribution is 0.238. The van der Waals surface area contributed by atoms with Crippen LogP contribution in [-0.2, 0) is 6.54 Å². The number of hydrogen-bond acceptors (Lipinski definition) is 4. The summed E-state index contributed by atoms with van der Waals surface area (Å²) in [5, 5.41) is 22.0. The molecular weight excluding hydrogens is 286 g/mol. The standard InChI is InChI=1S/C12H18BrNO3/c1-3-9(7-15)14-6-8-4-10(13)12(16)11(5-8)17-2/h4-5,9,14-16H,3,6-7H2,1-2H3/t9-/m1/s1. The van der Waals surface area contributed by atoms with Gasteiger partial charge in [0, 0.05) is 12.6 Å². The molecule has 0 aliphatic rings. The molecular formula is C12H18BrNO3. The van der Waals surface area contributed by atoms with Crippen LogP contribution in [0, 0.1) is 0 Å². The molecule has 0 saturated carbocycles. The van der Waals surface area contributed by atoms with Crippen LogP contribution in [0.3, 0.4) is 0 Å². The summed E-state index contributed by atoms with van der Waals surface area (Å²) in [7, 11) is 1.52. The van der Waals surface area contributed by atoms with Gasteiger partial charge in [0.25, 0.3) is 0 Å². The Kier molecular flexibility index (Phi) is 5.74. The van der Waals surface area contributed by atoms with Gasteiger partial charge in [0.05, 0.1) is 18.2 Å². The molecule has 0 aliphatic heterocycles. The van der Waals surface area contributed by atoms with Crippen molar-refractivity contribution < 1.29 is 14.9 Å². The van der Waals surface area contributed by atoms with Crippen LogP contribution >= 0.6 is 15.9 Å². The number of benzene rings is 1. The zero-order chi connectivity index (χ0) is 12.8. The fraction of sp³-hybridized carbons (Fsp3) is 0.500. The van der Waals surface area contributed by atoms with Crippen molar-refractivity contribution >= 4 is 15.9 Å². The zero-order valence-electron chi connectivity index (χ0n) is 10.0. The quantitative estimate of drug-likeness (QED) is 0.752. The van der Waals surface area contributed by atoms with Gasteiger partial charge in [-0.1, -0.05) is 6.92 Å². The van der Waals surface area contributed by atoms with E-state index < -0.39 is 0 Å². The minimum absolute atomic E-state index is 0.0913. The molecule has 1 atom stereocenters. The van der Waals surface area contributed by atoms with E-state index in [1.165, 1.54) is 7.11 Å². The van der Waals surface area contributed by atoms with Gasteiger partial charge in [-0.2, -0.15) is 0 Å². The lowest BCUT2D eigenvalue weighted by Gasteiger charge is -2.15. The molecule has 4 nitrogen and oxygen atoms in total. The Hall–Kier alpha value is -0.780. The highest BCUT2D eigenvalue weighted by molar-refractivity contribution is 9.10. The van der Waals surface area contributed by atoms with Gasteiger partial charge in [-0.15, -0.1) is 0 Å². The van der Waals surface area contributed by atoms with E-state index >= 15 is 0 Å². The molecule has 0 aliphatic carbocycles. The van der Waals surface area contributed by atoms with Gasteiger partial charge >= 0.3 is 0 Å². The Morgan fingerprint density at radius 1 is 1.47 bits per heavy atom. The number of nitrogens with one attached hydrogen (secondary N) is 1. The summed E-state index contributed by atoms with van der Waals surface area (Å²) in [6.07, 6.45) is 0.868. The molecule has 1 aromatic carbocycles. The molecule has 1 aromatic rings. The van der Waals surface area contributed by atoms with Crippen LogP contribution in [0.1, 0.15) is 18.9 Å². The second-order valence-electron chi connectivity index (χ2n) is 3.80. The molecule has 0 fully saturated rings. The van der Waals surface area contributed by atoms with Crippen molar-refractivity contribution in [1.29, 1.82) is 0 Å². The van der Waals surface area contributed by atoms with Gasteiger partial charge < -0.3 is 20.3 Å². The monoisotopic (exact) mass is 303 g/mol. The first kappa shape index (κ1) is 14.3. The number of aromatic hydroxyl groups is 1. The van der Waals surface area contributed by atoms with E-state index in [2.05, 4.69) is 21.2 Å². The van der Waals surface area contributed by atoms with Crippen LogP contribution in [0.5, 0.6) is 11.5 Å². The van der Waals surface area contributed by atoms with E-state index in [1.807, 2.05) is 13.0 Å². The summed E-state index contributed by atoms with van der Waals surface area (Å²) in [5.74, 6) is 0.540. The molecule has 3 N–H and O–H groups in total. The second kappa shape index (κ2) is 6.83. The molecule has 0 radical (unpaired) electrons.